The van der Waals surface area contributed by atoms with Gasteiger partial charge < -0.3 is 5.11 Å². The molecule has 86 valence electrons. The van der Waals surface area contributed by atoms with Gasteiger partial charge in [-0.3, -0.25) is 9.69 Å². The fourth-order valence-electron chi connectivity index (χ4n) is 2.28. The Morgan fingerprint density at radius 1 is 1.31 bits per heavy atom. The first-order valence-corrected chi connectivity index (χ1v) is 5.78. The van der Waals surface area contributed by atoms with Crippen LogP contribution in [0.2, 0.25) is 0 Å². The molecule has 3 nitrogen and oxygen atoms in total. The summed E-state index contributed by atoms with van der Waals surface area (Å²) in [5, 5.41) is 9.15. The van der Waals surface area contributed by atoms with E-state index >= 15 is 0 Å². The zero-order valence-corrected chi connectivity index (χ0v) is 9.30. The second kappa shape index (κ2) is 5.12. The molecule has 1 atom stereocenters. The molecule has 1 heterocycles. The summed E-state index contributed by atoms with van der Waals surface area (Å²) >= 11 is 0. The Balaban J connectivity index is 2.04. The van der Waals surface area contributed by atoms with Gasteiger partial charge in [-0.15, -0.1) is 0 Å². The fourth-order valence-corrected chi connectivity index (χ4v) is 2.28. The third-order valence-electron chi connectivity index (χ3n) is 3.13. The topological polar surface area (TPSA) is 40.5 Å². The van der Waals surface area contributed by atoms with Crippen LogP contribution in [0, 0.1) is 0 Å². The van der Waals surface area contributed by atoms with Gasteiger partial charge in [0.1, 0.15) is 6.04 Å². The van der Waals surface area contributed by atoms with E-state index in [1.807, 2.05) is 30.3 Å². The van der Waals surface area contributed by atoms with E-state index in [0.717, 1.165) is 32.4 Å². The molecule has 0 spiro atoms. The van der Waals surface area contributed by atoms with Gasteiger partial charge >= 0.3 is 5.97 Å². The minimum atomic E-state index is -0.685. The van der Waals surface area contributed by atoms with Crippen molar-refractivity contribution in [3.05, 3.63) is 35.9 Å². The van der Waals surface area contributed by atoms with Gasteiger partial charge in [0.25, 0.3) is 0 Å². The van der Waals surface area contributed by atoms with Gasteiger partial charge in [-0.1, -0.05) is 36.8 Å². The van der Waals surface area contributed by atoms with Gasteiger partial charge in [0.05, 0.1) is 0 Å². The maximum absolute atomic E-state index is 11.1. The van der Waals surface area contributed by atoms with Gasteiger partial charge in [0.2, 0.25) is 0 Å². The summed E-state index contributed by atoms with van der Waals surface area (Å²) in [4.78, 5) is 13.2. The lowest BCUT2D eigenvalue weighted by Crippen LogP contribution is -2.43. The lowest BCUT2D eigenvalue weighted by Gasteiger charge is -2.32. The zero-order chi connectivity index (χ0) is 11.4. The Morgan fingerprint density at radius 2 is 2.06 bits per heavy atom. The molecule has 3 heteroatoms. The number of hydrogen-bond donors (Lipinski definition) is 1. The number of carbonyl (C=O) groups is 1. The standard InChI is InChI=1S/C13H17NO2/c15-13(16)12-8-4-5-9-14(12)10-11-6-2-1-3-7-11/h1-3,6-7,12H,4-5,8-10H2,(H,15,16)/t12-/m1/s1. The monoisotopic (exact) mass is 219 g/mol. The van der Waals surface area contributed by atoms with Crippen molar-refractivity contribution in [2.75, 3.05) is 6.54 Å². The van der Waals surface area contributed by atoms with E-state index < -0.39 is 5.97 Å². The second-order valence-corrected chi connectivity index (χ2v) is 4.31. The number of aliphatic carboxylic acids is 1. The normalized spacial score (nSPS) is 21.9. The van der Waals surface area contributed by atoms with Crippen LogP contribution in [-0.2, 0) is 11.3 Å². The molecule has 1 aliphatic heterocycles. The van der Waals surface area contributed by atoms with Crippen LogP contribution in [0.25, 0.3) is 0 Å². The Bertz CT molecular complexity index is 350. The van der Waals surface area contributed by atoms with E-state index in [1.165, 1.54) is 5.56 Å². The molecule has 0 bridgehead atoms. The fraction of sp³-hybridized carbons (Fsp3) is 0.462. The highest BCUT2D eigenvalue weighted by Gasteiger charge is 2.27. The molecule has 0 saturated carbocycles. The molecule has 0 radical (unpaired) electrons. The quantitative estimate of drug-likeness (QED) is 0.846. The van der Waals surface area contributed by atoms with Crippen molar-refractivity contribution >= 4 is 5.97 Å². The van der Waals surface area contributed by atoms with Crippen molar-refractivity contribution < 1.29 is 9.90 Å². The van der Waals surface area contributed by atoms with Crippen LogP contribution in [0.1, 0.15) is 24.8 Å². The van der Waals surface area contributed by atoms with Crippen molar-refractivity contribution in [3.8, 4) is 0 Å². The molecule has 16 heavy (non-hydrogen) atoms. The highest BCUT2D eigenvalue weighted by atomic mass is 16.4. The Morgan fingerprint density at radius 3 is 2.75 bits per heavy atom. The third-order valence-corrected chi connectivity index (χ3v) is 3.13. The van der Waals surface area contributed by atoms with Crippen LogP contribution in [0.4, 0.5) is 0 Å². The number of piperidine rings is 1. The molecule has 2 rings (SSSR count). The summed E-state index contributed by atoms with van der Waals surface area (Å²) in [7, 11) is 0. The van der Waals surface area contributed by atoms with Crippen molar-refractivity contribution in [2.24, 2.45) is 0 Å². The number of benzene rings is 1. The predicted octanol–water partition coefficient (Wildman–Crippen LogP) is 2.13. The molecule has 1 N–H and O–H groups in total. The second-order valence-electron chi connectivity index (χ2n) is 4.31. The van der Waals surface area contributed by atoms with Crippen molar-refractivity contribution in [3.63, 3.8) is 0 Å². The predicted molar refractivity (Wildman–Crippen MR) is 62.1 cm³/mol. The first-order valence-electron chi connectivity index (χ1n) is 5.78. The molecule has 0 aliphatic carbocycles. The number of carboxylic acids is 1. The summed E-state index contributed by atoms with van der Waals surface area (Å²) in [5.74, 6) is -0.685. The smallest absolute Gasteiger partial charge is 0.320 e. The zero-order valence-electron chi connectivity index (χ0n) is 9.30. The molecule has 0 aromatic heterocycles. The number of likely N-dealkylation sites (tertiary alicyclic amines) is 1. The largest absolute Gasteiger partial charge is 0.480 e. The van der Waals surface area contributed by atoms with E-state index in [4.69, 9.17) is 5.11 Å². The number of rotatable bonds is 3. The minimum Gasteiger partial charge on any atom is -0.480 e. The van der Waals surface area contributed by atoms with Crippen LogP contribution in [0.3, 0.4) is 0 Å². The van der Waals surface area contributed by atoms with Gasteiger partial charge in [-0.05, 0) is 24.9 Å². The number of carboxylic acid groups (broad SMARTS) is 1. The van der Waals surface area contributed by atoms with Crippen molar-refractivity contribution in [2.45, 2.75) is 31.8 Å². The SMILES string of the molecule is O=C(O)[C@H]1CCCCN1Cc1ccccc1. The molecule has 0 unspecified atom stereocenters. The Labute approximate surface area is 95.7 Å². The Kier molecular flexibility index (Phi) is 3.57. The summed E-state index contributed by atoms with van der Waals surface area (Å²) in [6.45, 7) is 1.64. The van der Waals surface area contributed by atoms with Crippen LogP contribution in [0.15, 0.2) is 30.3 Å². The van der Waals surface area contributed by atoms with E-state index in [9.17, 15) is 4.79 Å². The highest BCUT2D eigenvalue weighted by molar-refractivity contribution is 5.73. The maximum atomic E-state index is 11.1. The molecule has 1 saturated heterocycles. The average Bonchev–Trinajstić information content (AvgIpc) is 2.31. The highest BCUT2D eigenvalue weighted by Crippen LogP contribution is 2.19. The average molecular weight is 219 g/mol. The van der Waals surface area contributed by atoms with E-state index in [1.54, 1.807) is 0 Å². The van der Waals surface area contributed by atoms with E-state index in [2.05, 4.69) is 4.90 Å². The summed E-state index contributed by atoms with van der Waals surface area (Å²) in [6.07, 6.45) is 2.92. The maximum Gasteiger partial charge on any atom is 0.320 e. The lowest BCUT2D eigenvalue weighted by atomic mass is 10.0. The first-order chi connectivity index (χ1) is 7.77. The van der Waals surface area contributed by atoms with Gasteiger partial charge in [-0.2, -0.15) is 0 Å². The summed E-state index contributed by atoms with van der Waals surface area (Å²) < 4.78 is 0. The molecular formula is C13H17NO2. The van der Waals surface area contributed by atoms with Crippen LogP contribution in [-0.4, -0.2) is 28.6 Å². The summed E-state index contributed by atoms with van der Waals surface area (Å²) in [5.41, 5.74) is 1.19. The van der Waals surface area contributed by atoms with Gasteiger partial charge in [-0.25, -0.2) is 0 Å². The van der Waals surface area contributed by atoms with E-state index in [-0.39, 0.29) is 6.04 Å². The third kappa shape index (κ3) is 2.61. The van der Waals surface area contributed by atoms with Crippen molar-refractivity contribution in [1.29, 1.82) is 0 Å². The molecular weight excluding hydrogens is 202 g/mol. The van der Waals surface area contributed by atoms with E-state index in [0.29, 0.717) is 0 Å². The first kappa shape index (κ1) is 11.1. The van der Waals surface area contributed by atoms with Crippen LogP contribution in [0.5, 0.6) is 0 Å². The molecule has 0 amide bonds. The van der Waals surface area contributed by atoms with Crippen molar-refractivity contribution in [1.82, 2.24) is 4.90 Å². The molecule has 1 fully saturated rings. The number of hydrogen-bond acceptors (Lipinski definition) is 2. The molecule has 1 aromatic carbocycles. The lowest BCUT2D eigenvalue weighted by molar-refractivity contribution is -0.144. The van der Waals surface area contributed by atoms with Crippen LogP contribution >= 0.6 is 0 Å². The van der Waals surface area contributed by atoms with Gasteiger partial charge in [0.15, 0.2) is 0 Å². The molecule has 1 aliphatic rings. The minimum absolute atomic E-state index is 0.297. The Hall–Kier alpha value is -1.35. The summed E-state index contributed by atoms with van der Waals surface area (Å²) in [6, 6.07) is 9.77. The van der Waals surface area contributed by atoms with Crippen LogP contribution < -0.4 is 0 Å². The molecule has 1 aromatic rings. The van der Waals surface area contributed by atoms with Gasteiger partial charge in [0, 0.05) is 6.54 Å². The number of nitrogens with zero attached hydrogens (tertiary/aromatic N) is 1.